The zero-order chi connectivity index (χ0) is 28.5. The summed E-state index contributed by atoms with van der Waals surface area (Å²) in [6.45, 7) is 1.96. The molecule has 0 aliphatic carbocycles. The number of nitriles is 1. The summed E-state index contributed by atoms with van der Waals surface area (Å²) in [4.78, 5) is 24.3. The summed E-state index contributed by atoms with van der Waals surface area (Å²) in [7, 11) is 5.12. The summed E-state index contributed by atoms with van der Waals surface area (Å²) in [6, 6.07) is 11.2. The molecule has 2 heterocycles. The Morgan fingerprint density at radius 1 is 1.27 bits per heavy atom. The number of rotatable bonds is 12. The number of nitrogens with zero attached hydrogens (tertiary/aromatic N) is 4. The minimum absolute atomic E-state index is 0.309. The van der Waals surface area contributed by atoms with E-state index in [2.05, 4.69) is 26.7 Å². The van der Waals surface area contributed by atoms with Gasteiger partial charge in [0.05, 0.1) is 41.2 Å². The van der Waals surface area contributed by atoms with E-state index in [1.54, 1.807) is 37.6 Å². The number of fused-ring (bicyclic) bond motifs is 1. The predicted octanol–water partition coefficient (Wildman–Crippen LogP) is 6.19. The number of hydrogen-bond donors (Lipinski definition) is 2. The second-order valence-corrected chi connectivity index (χ2v) is 11.1. The Morgan fingerprint density at radius 2 is 2.12 bits per heavy atom. The molecule has 206 valence electrons. The number of ether oxygens (including phenoxy) is 2. The number of carbonyl (C=O) groups is 1. The fourth-order valence-electron chi connectivity index (χ4n) is 3.72. The van der Waals surface area contributed by atoms with Gasteiger partial charge in [0.15, 0.2) is 4.34 Å². The van der Waals surface area contributed by atoms with Gasteiger partial charge >= 0.3 is 0 Å². The number of carbonyl (C=O) groups excluding carboxylic acids is 1. The van der Waals surface area contributed by atoms with Crippen molar-refractivity contribution in [3.8, 4) is 11.8 Å². The van der Waals surface area contributed by atoms with Gasteiger partial charge in [-0.3, -0.25) is 9.78 Å². The highest BCUT2D eigenvalue weighted by atomic mass is 35.5. The van der Waals surface area contributed by atoms with Crippen molar-refractivity contribution < 1.29 is 14.3 Å². The van der Waals surface area contributed by atoms with Crippen molar-refractivity contribution in [1.82, 2.24) is 14.9 Å². The van der Waals surface area contributed by atoms with Gasteiger partial charge in [0.1, 0.15) is 11.8 Å². The first-order valence-corrected chi connectivity index (χ1v) is 14.2. The van der Waals surface area contributed by atoms with Gasteiger partial charge in [-0.25, -0.2) is 4.98 Å². The number of pyridine rings is 1. The summed E-state index contributed by atoms with van der Waals surface area (Å²) in [5, 5.41) is 19.1. The third-order valence-electron chi connectivity index (χ3n) is 5.74. The first-order valence-electron chi connectivity index (χ1n) is 12.1. The molecule has 0 spiro atoms. The van der Waals surface area contributed by atoms with Crippen LogP contribution in [0.4, 0.5) is 17.1 Å². The maximum absolute atomic E-state index is 12.7. The average Bonchev–Trinajstić information content (AvgIpc) is 3.46. The second-order valence-electron chi connectivity index (χ2n) is 8.55. The van der Waals surface area contributed by atoms with Crippen molar-refractivity contribution in [1.29, 1.82) is 5.26 Å². The van der Waals surface area contributed by atoms with E-state index in [-0.39, 0.29) is 5.91 Å². The van der Waals surface area contributed by atoms with E-state index in [4.69, 9.17) is 21.1 Å². The summed E-state index contributed by atoms with van der Waals surface area (Å²) in [6.07, 6.45) is 6.50. The lowest BCUT2D eigenvalue weighted by atomic mass is 10.1. The van der Waals surface area contributed by atoms with Gasteiger partial charge in [-0.15, -0.1) is 11.3 Å². The van der Waals surface area contributed by atoms with Gasteiger partial charge in [0, 0.05) is 66.1 Å². The fourth-order valence-corrected chi connectivity index (χ4v) is 5.60. The van der Waals surface area contributed by atoms with E-state index in [1.807, 2.05) is 29.5 Å². The Kier molecular flexibility index (Phi) is 10.3. The summed E-state index contributed by atoms with van der Waals surface area (Å²) in [5.74, 6) is 0.137. The maximum Gasteiger partial charge on any atom is 0.248 e. The van der Waals surface area contributed by atoms with Gasteiger partial charge in [0.2, 0.25) is 5.91 Å². The van der Waals surface area contributed by atoms with Crippen molar-refractivity contribution in [2.24, 2.45) is 0 Å². The molecule has 40 heavy (non-hydrogen) atoms. The molecule has 9 nitrogen and oxygen atoms in total. The Balaban J connectivity index is 1.60. The molecule has 2 aromatic carbocycles. The first-order chi connectivity index (χ1) is 19.4. The van der Waals surface area contributed by atoms with Crippen molar-refractivity contribution in [3.63, 3.8) is 0 Å². The largest absolute Gasteiger partial charge is 0.494 e. The number of likely N-dealkylation sites (N-methyl/N-ethyl adjacent to an activating group) is 1. The highest BCUT2D eigenvalue weighted by molar-refractivity contribution is 8.01. The van der Waals surface area contributed by atoms with Crippen LogP contribution in [0, 0.1) is 11.3 Å². The number of thiazole rings is 1. The Morgan fingerprint density at radius 3 is 2.83 bits per heavy atom. The zero-order valence-corrected chi connectivity index (χ0v) is 24.5. The molecule has 0 atom stereocenters. The summed E-state index contributed by atoms with van der Waals surface area (Å²) >= 11 is 9.60. The molecule has 4 rings (SSSR count). The maximum atomic E-state index is 12.7. The minimum atomic E-state index is -0.309. The monoisotopic (exact) mass is 594 g/mol. The number of halogens is 1. The van der Waals surface area contributed by atoms with Crippen LogP contribution in [0.15, 0.2) is 69.5 Å². The van der Waals surface area contributed by atoms with Crippen LogP contribution in [0.2, 0.25) is 5.02 Å². The smallest absolute Gasteiger partial charge is 0.248 e. The van der Waals surface area contributed by atoms with E-state index >= 15 is 0 Å². The molecule has 0 aliphatic heterocycles. The first kappa shape index (κ1) is 29.3. The van der Waals surface area contributed by atoms with Crippen LogP contribution < -0.4 is 15.4 Å². The Bertz CT molecular complexity index is 1560. The average molecular weight is 595 g/mol. The highest BCUT2D eigenvalue weighted by Gasteiger charge is 2.16. The summed E-state index contributed by atoms with van der Waals surface area (Å²) in [5.41, 5.74) is 2.61. The number of benzene rings is 2. The van der Waals surface area contributed by atoms with Crippen LogP contribution >= 0.6 is 34.7 Å². The van der Waals surface area contributed by atoms with Crippen molar-refractivity contribution in [2.75, 3.05) is 51.6 Å². The molecule has 2 aromatic heterocycles. The van der Waals surface area contributed by atoms with Gasteiger partial charge in [-0.05, 0) is 31.3 Å². The molecular formula is C28H27ClN6O3S2. The van der Waals surface area contributed by atoms with E-state index in [1.165, 1.54) is 42.5 Å². The van der Waals surface area contributed by atoms with Gasteiger partial charge in [0.25, 0.3) is 0 Å². The van der Waals surface area contributed by atoms with E-state index in [0.29, 0.717) is 57.5 Å². The van der Waals surface area contributed by atoms with Crippen LogP contribution in [0.25, 0.3) is 10.9 Å². The topological polar surface area (TPSA) is 112 Å². The molecule has 0 radical (unpaired) electrons. The number of anilines is 3. The van der Waals surface area contributed by atoms with Crippen molar-refractivity contribution >= 4 is 68.6 Å². The third-order valence-corrected chi connectivity index (χ3v) is 8.12. The SMILES string of the molecule is COCCN(C)C/C=C/C(=O)Nc1cc2c(Nc3ccc(Sc4nccs4)c(Cl)c3)c(C#N)cnc2cc1OC. The van der Waals surface area contributed by atoms with Crippen LogP contribution in [-0.4, -0.2) is 61.7 Å². The molecule has 1 amide bonds. The molecule has 0 bridgehead atoms. The van der Waals surface area contributed by atoms with E-state index < -0.39 is 0 Å². The van der Waals surface area contributed by atoms with Crippen LogP contribution in [0.3, 0.4) is 0 Å². The lowest BCUT2D eigenvalue weighted by Gasteiger charge is -2.16. The van der Waals surface area contributed by atoms with E-state index in [9.17, 15) is 10.1 Å². The fraction of sp³-hybridized carbons (Fsp3) is 0.214. The lowest BCUT2D eigenvalue weighted by Crippen LogP contribution is -2.23. The van der Waals surface area contributed by atoms with Crippen molar-refractivity contribution in [2.45, 2.75) is 9.24 Å². The third kappa shape index (κ3) is 7.50. The molecule has 0 unspecified atom stereocenters. The molecule has 0 saturated heterocycles. The van der Waals surface area contributed by atoms with Crippen LogP contribution in [0.1, 0.15) is 5.56 Å². The standard InChI is InChI=1S/C28H27ClN6O3S2/c1-35(10-11-37-2)9-4-5-26(36)34-23-14-20-22(15-24(23)38-3)32-17-18(16-30)27(20)33-19-6-7-25(21(29)13-19)40-28-31-8-12-39-28/h4-8,12-15,17H,9-11H2,1-3H3,(H,32,33)(H,34,36)/b5-4+. The molecule has 2 N–H and O–H groups in total. The molecule has 0 aliphatic rings. The minimum Gasteiger partial charge on any atom is -0.494 e. The molecular weight excluding hydrogens is 568 g/mol. The number of amides is 1. The number of nitrogens with one attached hydrogen (secondary N) is 2. The number of hydrogen-bond acceptors (Lipinski definition) is 10. The predicted molar refractivity (Wildman–Crippen MR) is 161 cm³/mol. The highest BCUT2D eigenvalue weighted by Crippen LogP contribution is 2.39. The molecule has 0 saturated carbocycles. The quantitative estimate of drug-likeness (QED) is 0.185. The number of methoxy groups -OCH3 is 2. The molecule has 4 aromatic rings. The van der Waals surface area contributed by atoms with Gasteiger partial charge < -0.3 is 25.0 Å². The second kappa shape index (κ2) is 14.1. The molecule has 12 heteroatoms. The summed E-state index contributed by atoms with van der Waals surface area (Å²) < 4.78 is 11.5. The Labute approximate surface area is 245 Å². The van der Waals surface area contributed by atoms with Crippen LogP contribution in [0.5, 0.6) is 5.75 Å². The number of aromatic nitrogens is 2. The van der Waals surface area contributed by atoms with Crippen molar-refractivity contribution in [3.05, 3.63) is 70.8 Å². The molecule has 0 fully saturated rings. The lowest BCUT2D eigenvalue weighted by molar-refractivity contribution is -0.111. The normalized spacial score (nSPS) is 11.2. The van der Waals surface area contributed by atoms with Crippen LogP contribution in [-0.2, 0) is 9.53 Å². The van der Waals surface area contributed by atoms with Gasteiger partial charge in [-0.1, -0.05) is 29.4 Å². The zero-order valence-electron chi connectivity index (χ0n) is 22.1. The Hall–Kier alpha value is -3.66. The van der Waals surface area contributed by atoms with Gasteiger partial charge in [-0.2, -0.15) is 5.26 Å². The van der Waals surface area contributed by atoms with E-state index in [0.717, 1.165) is 15.8 Å².